The van der Waals surface area contributed by atoms with Gasteiger partial charge in [0.25, 0.3) is 0 Å². The minimum Gasteiger partial charge on any atom is -0.486 e. The first-order valence-corrected chi connectivity index (χ1v) is 12.7. The molecular formula is C22H30N2O6S. The summed E-state index contributed by atoms with van der Waals surface area (Å²) in [5.41, 5.74) is 0.633. The highest BCUT2D eigenvalue weighted by molar-refractivity contribution is 7.91. The number of amides is 1. The van der Waals surface area contributed by atoms with Gasteiger partial charge in [0, 0.05) is 24.6 Å². The van der Waals surface area contributed by atoms with Gasteiger partial charge in [-0.1, -0.05) is 0 Å². The fraction of sp³-hybridized carbons (Fsp3) is 0.636. The van der Waals surface area contributed by atoms with E-state index >= 15 is 0 Å². The van der Waals surface area contributed by atoms with Crippen molar-refractivity contribution in [1.82, 2.24) is 9.80 Å². The number of hydrogen-bond donors (Lipinski definition) is 0. The van der Waals surface area contributed by atoms with Crippen LogP contribution in [0.15, 0.2) is 18.2 Å². The van der Waals surface area contributed by atoms with Crippen LogP contribution in [0.3, 0.4) is 0 Å². The van der Waals surface area contributed by atoms with Crippen molar-refractivity contribution in [2.75, 3.05) is 44.9 Å². The van der Waals surface area contributed by atoms with Crippen LogP contribution in [-0.4, -0.2) is 86.8 Å². The Morgan fingerprint density at radius 1 is 1.10 bits per heavy atom. The van der Waals surface area contributed by atoms with Crippen molar-refractivity contribution >= 4 is 21.5 Å². The minimum atomic E-state index is -3.04. The zero-order valence-corrected chi connectivity index (χ0v) is 18.9. The standard InChI is InChI=1S/C22H30N2O6S/c1-15(22(26)23(2)18-7-12-31(27,28)14-18)24-8-5-16(6-9-24)21(25)17-3-4-19-20(13-17)30-11-10-29-19/h3-4,13,15-16,18H,5-12,14H2,1-2H3/t15-,18+/m1/s1. The van der Waals surface area contributed by atoms with Gasteiger partial charge in [-0.25, -0.2) is 8.42 Å². The van der Waals surface area contributed by atoms with Crippen molar-refractivity contribution in [3.8, 4) is 11.5 Å². The molecule has 0 aliphatic carbocycles. The zero-order chi connectivity index (χ0) is 22.2. The molecule has 1 aromatic rings. The van der Waals surface area contributed by atoms with E-state index in [1.807, 2.05) is 6.92 Å². The summed E-state index contributed by atoms with van der Waals surface area (Å²) in [5, 5.41) is 0. The Hall–Kier alpha value is -2.13. The van der Waals surface area contributed by atoms with E-state index in [-0.39, 0.29) is 41.2 Å². The summed E-state index contributed by atoms with van der Waals surface area (Å²) in [6, 6.07) is 4.77. The SMILES string of the molecule is C[C@H](C(=O)N(C)[C@H]1CCS(=O)(=O)C1)N1CCC(C(=O)c2ccc3c(c2)OCCO3)CC1. The highest BCUT2D eigenvalue weighted by Gasteiger charge is 2.36. The summed E-state index contributed by atoms with van der Waals surface area (Å²) in [7, 11) is -1.34. The van der Waals surface area contributed by atoms with E-state index in [0.29, 0.717) is 62.6 Å². The van der Waals surface area contributed by atoms with Gasteiger partial charge in [-0.05, 0) is 57.5 Å². The molecule has 0 bridgehead atoms. The molecule has 0 N–H and O–H groups in total. The van der Waals surface area contributed by atoms with E-state index in [1.165, 1.54) is 0 Å². The van der Waals surface area contributed by atoms with E-state index in [2.05, 4.69) is 4.90 Å². The number of Topliss-reactive ketones (excluding diaryl/α,β-unsaturated/α-hetero) is 1. The van der Waals surface area contributed by atoms with Crippen LogP contribution in [0.25, 0.3) is 0 Å². The largest absolute Gasteiger partial charge is 0.486 e. The molecule has 8 nitrogen and oxygen atoms in total. The van der Waals surface area contributed by atoms with Gasteiger partial charge in [-0.3, -0.25) is 14.5 Å². The van der Waals surface area contributed by atoms with Crippen LogP contribution in [-0.2, 0) is 14.6 Å². The van der Waals surface area contributed by atoms with Crippen LogP contribution >= 0.6 is 0 Å². The molecule has 0 saturated carbocycles. The number of carbonyl (C=O) groups excluding carboxylic acids is 2. The molecule has 1 aromatic carbocycles. The van der Waals surface area contributed by atoms with E-state index in [4.69, 9.17) is 9.47 Å². The maximum absolute atomic E-state index is 13.0. The third-order valence-corrected chi connectivity index (χ3v) is 8.49. The lowest BCUT2D eigenvalue weighted by Gasteiger charge is -2.37. The van der Waals surface area contributed by atoms with E-state index in [9.17, 15) is 18.0 Å². The summed E-state index contributed by atoms with van der Waals surface area (Å²) < 4.78 is 34.6. The van der Waals surface area contributed by atoms with Crippen LogP contribution in [0.1, 0.15) is 36.5 Å². The lowest BCUT2D eigenvalue weighted by atomic mass is 9.88. The fourth-order valence-corrected chi connectivity index (χ4v) is 6.47. The van der Waals surface area contributed by atoms with Crippen LogP contribution in [0, 0.1) is 5.92 Å². The van der Waals surface area contributed by atoms with Gasteiger partial charge in [0.2, 0.25) is 5.91 Å². The first-order chi connectivity index (χ1) is 14.7. The number of piperidine rings is 1. The molecule has 31 heavy (non-hydrogen) atoms. The molecule has 1 amide bonds. The van der Waals surface area contributed by atoms with Crippen molar-refractivity contribution < 1.29 is 27.5 Å². The average Bonchev–Trinajstić information content (AvgIpc) is 3.16. The quantitative estimate of drug-likeness (QED) is 0.626. The smallest absolute Gasteiger partial charge is 0.239 e. The van der Waals surface area contributed by atoms with Crippen LogP contribution in [0.5, 0.6) is 11.5 Å². The van der Waals surface area contributed by atoms with Crippen molar-refractivity contribution in [2.45, 2.75) is 38.3 Å². The number of likely N-dealkylation sites (N-methyl/N-ethyl adjacent to an activating group) is 1. The lowest BCUT2D eigenvalue weighted by Crippen LogP contribution is -2.51. The summed E-state index contributed by atoms with van der Waals surface area (Å²) in [4.78, 5) is 29.6. The van der Waals surface area contributed by atoms with Gasteiger partial charge in [-0.2, -0.15) is 0 Å². The number of likely N-dealkylation sites (tertiary alicyclic amines) is 1. The maximum atomic E-state index is 13.0. The normalized spacial score (nSPS) is 24.5. The molecule has 3 heterocycles. The highest BCUT2D eigenvalue weighted by Crippen LogP contribution is 2.33. The molecule has 2 saturated heterocycles. The Morgan fingerprint density at radius 3 is 2.42 bits per heavy atom. The number of ketones is 1. The predicted molar refractivity (Wildman–Crippen MR) is 115 cm³/mol. The van der Waals surface area contributed by atoms with Crippen LogP contribution in [0.4, 0.5) is 0 Å². The molecule has 170 valence electrons. The lowest BCUT2D eigenvalue weighted by molar-refractivity contribution is -0.137. The summed E-state index contributed by atoms with van der Waals surface area (Å²) in [6.45, 7) is 4.18. The van der Waals surface area contributed by atoms with E-state index in [1.54, 1.807) is 30.1 Å². The molecule has 0 unspecified atom stereocenters. The molecular weight excluding hydrogens is 420 g/mol. The second-order valence-corrected chi connectivity index (χ2v) is 10.9. The molecule has 0 spiro atoms. The number of carbonyl (C=O) groups is 2. The van der Waals surface area contributed by atoms with Crippen molar-refractivity contribution in [3.63, 3.8) is 0 Å². The van der Waals surface area contributed by atoms with Crippen molar-refractivity contribution in [1.29, 1.82) is 0 Å². The summed E-state index contributed by atoms with van der Waals surface area (Å²) >= 11 is 0. The molecule has 2 fully saturated rings. The third-order valence-electron chi connectivity index (χ3n) is 6.74. The Balaban J connectivity index is 1.32. The van der Waals surface area contributed by atoms with Crippen LogP contribution < -0.4 is 9.47 Å². The van der Waals surface area contributed by atoms with Gasteiger partial charge in [0.05, 0.1) is 17.5 Å². The number of nitrogens with zero attached hydrogens (tertiary/aromatic N) is 2. The molecule has 0 aromatic heterocycles. The first-order valence-electron chi connectivity index (χ1n) is 10.9. The monoisotopic (exact) mass is 450 g/mol. The molecule has 0 radical (unpaired) electrons. The summed E-state index contributed by atoms with van der Waals surface area (Å²) in [5.74, 6) is 1.45. The Kier molecular flexibility index (Phi) is 6.25. The summed E-state index contributed by atoms with van der Waals surface area (Å²) in [6.07, 6.45) is 1.88. The van der Waals surface area contributed by atoms with Gasteiger partial charge in [-0.15, -0.1) is 0 Å². The number of benzene rings is 1. The second kappa shape index (κ2) is 8.78. The Labute approximate surface area is 183 Å². The van der Waals surface area contributed by atoms with Gasteiger partial charge in [0.15, 0.2) is 27.1 Å². The molecule has 9 heteroatoms. The van der Waals surface area contributed by atoms with Crippen molar-refractivity contribution in [3.05, 3.63) is 23.8 Å². The second-order valence-electron chi connectivity index (χ2n) is 8.71. The highest BCUT2D eigenvalue weighted by atomic mass is 32.2. The molecule has 4 rings (SSSR count). The minimum absolute atomic E-state index is 0.0497. The Bertz CT molecular complexity index is 955. The average molecular weight is 451 g/mol. The molecule has 3 aliphatic rings. The number of fused-ring (bicyclic) bond motifs is 1. The molecule has 3 aliphatic heterocycles. The van der Waals surface area contributed by atoms with Crippen molar-refractivity contribution in [2.24, 2.45) is 5.92 Å². The Morgan fingerprint density at radius 2 is 1.77 bits per heavy atom. The zero-order valence-electron chi connectivity index (χ0n) is 18.1. The van der Waals surface area contributed by atoms with Crippen LogP contribution in [0.2, 0.25) is 0 Å². The number of ether oxygens (including phenoxy) is 2. The maximum Gasteiger partial charge on any atom is 0.239 e. The predicted octanol–water partition coefficient (Wildman–Crippen LogP) is 1.39. The van der Waals surface area contributed by atoms with Gasteiger partial charge in [0.1, 0.15) is 13.2 Å². The number of sulfone groups is 1. The third kappa shape index (κ3) is 4.72. The van der Waals surface area contributed by atoms with Gasteiger partial charge >= 0.3 is 0 Å². The number of hydrogen-bond acceptors (Lipinski definition) is 7. The van der Waals surface area contributed by atoms with E-state index < -0.39 is 9.84 Å². The fourth-order valence-electron chi connectivity index (χ4n) is 4.69. The first kappa shape index (κ1) is 22.1. The topological polar surface area (TPSA) is 93.2 Å². The van der Waals surface area contributed by atoms with Gasteiger partial charge < -0.3 is 14.4 Å². The molecule has 2 atom stereocenters. The van der Waals surface area contributed by atoms with E-state index in [0.717, 1.165) is 0 Å². The number of rotatable bonds is 5.